The van der Waals surface area contributed by atoms with Gasteiger partial charge >= 0.3 is 5.69 Å². The van der Waals surface area contributed by atoms with Crippen LogP contribution in [-0.4, -0.2) is 73.3 Å². The number of hydrogen-bond acceptors (Lipinski definition) is 9. The fourth-order valence-electron chi connectivity index (χ4n) is 8.59. The second-order valence-electron chi connectivity index (χ2n) is 14.6. The molecule has 14 heteroatoms. The minimum absolute atomic E-state index is 0.210. The number of nitrogens with zero attached hydrogens (tertiary/aromatic N) is 6. The number of nitrogens with one attached hydrogen (secondary N) is 2. The van der Waals surface area contributed by atoms with E-state index in [2.05, 4.69) is 37.5 Å². The molecule has 0 unspecified atom stereocenters. The van der Waals surface area contributed by atoms with Gasteiger partial charge in [0.05, 0.1) is 35.4 Å². The van der Waals surface area contributed by atoms with E-state index in [-0.39, 0.29) is 29.6 Å². The molecule has 2 saturated heterocycles. The highest BCUT2D eigenvalue weighted by Crippen LogP contribution is 2.38. The largest absolute Gasteiger partial charge is 0.494 e. The number of aryl methyl sites for hydroxylation is 2. The van der Waals surface area contributed by atoms with Gasteiger partial charge < -0.3 is 19.4 Å². The van der Waals surface area contributed by atoms with Crippen LogP contribution in [0.1, 0.15) is 91.3 Å². The van der Waals surface area contributed by atoms with Crippen LogP contribution in [0.3, 0.4) is 0 Å². The Bertz CT molecular complexity index is 2230. The lowest BCUT2D eigenvalue weighted by Gasteiger charge is -2.37. The number of carbonyl (C=O) groups excluding carboxylic acids is 3. The van der Waals surface area contributed by atoms with Crippen LogP contribution in [0.15, 0.2) is 52.0 Å². The number of para-hydroxylation sites is 1. The van der Waals surface area contributed by atoms with Crippen molar-refractivity contribution in [2.75, 3.05) is 32.1 Å². The number of likely N-dealkylation sites (tertiary alicyclic amines) is 1. The minimum atomic E-state index is -0.681. The number of piperidine rings is 2. The Morgan fingerprint density at radius 1 is 1.06 bits per heavy atom. The van der Waals surface area contributed by atoms with Crippen LogP contribution in [0, 0.1) is 12.8 Å². The molecule has 3 fully saturated rings. The Morgan fingerprint density at radius 3 is 2.56 bits per heavy atom. The molecule has 0 radical (unpaired) electrons. The van der Waals surface area contributed by atoms with Crippen molar-refractivity contribution < 1.29 is 23.5 Å². The van der Waals surface area contributed by atoms with Gasteiger partial charge in [0.25, 0.3) is 5.91 Å². The van der Waals surface area contributed by atoms with Crippen molar-refractivity contribution in [2.45, 2.75) is 76.3 Å². The van der Waals surface area contributed by atoms with Gasteiger partial charge in [-0.3, -0.25) is 33.5 Å². The number of rotatable bonds is 8. The molecule has 2 N–H and O–H groups in total. The van der Waals surface area contributed by atoms with E-state index < -0.39 is 11.9 Å². The smallest absolute Gasteiger partial charge is 0.329 e. The van der Waals surface area contributed by atoms with Gasteiger partial charge in [-0.2, -0.15) is 5.10 Å². The lowest BCUT2D eigenvalue weighted by Crippen LogP contribution is -2.44. The molecule has 272 valence electrons. The molecular formula is C38H44N8O6. The van der Waals surface area contributed by atoms with E-state index in [9.17, 15) is 19.2 Å². The zero-order valence-electron chi connectivity index (χ0n) is 29.8. The molecule has 2 aliphatic heterocycles. The van der Waals surface area contributed by atoms with Crippen LogP contribution >= 0.6 is 0 Å². The van der Waals surface area contributed by atoms with Crippen molar-refractivity contribution in [3.05, 3.63) is 70.4 Å². The van der Waals surface area contributed by atoms with E-state index in [1.807, 2.05) is 24.3 Å². The van der Waals surface area contributed by atoms with Gasteiger partial charge in [-0.25, -0.2) is 9.78 Å². The van der Waals surface area contributed by atoms with Crippen molar-refractivity contribution in [2.24, 2.45) is 13.0 Å². The SMILES string of the molecule is COc1cc2nn([C@H]3CC[C@H](CN4CCC(c5cccc6c5n(C)c(=O)n6[C@H]5CCC(=O)NC5=O)CC4)CC3)cc2cc1NC(=O)c1coc(C)n1. The number of benzene rings is 2. The molecule has 3 amide bonds. The van der Waals surface area contributed by atoms with Gasteiger partial charge in [0.2, 0.25) is 11.8 Å². The molecule has 52 heavy (non-hydrogen) atoms. The van der Waals surface area contributed by atoms with E-state index in [0.717, 1.165) is 85.7 Å². The number of ether oxygens (including phenoxy) is 1. The number of imidazole rings is 1. The van der Waals surface area contributed by atoms with Crippen LogP contribution < -0.4 is 21.1 Å². The van der Waals surface area contributed by atoms with Crippen LogP contribution in [-0.2, 0) is 16.6 Å². The van der Waals surface area contributed by atoms with Gasteiger partial charge in [-0.05, 0) is 87.6 Å². The highest BCUT2D eigenvalue weighted by molar-refractivity contribution is 6.05. The number of hydrogen-bond donors (Lipinski definition) is 2. The predicted octanol–water partition coefficient (Wildman–Crippen LogP) is 4.84. The van der Waals surface area contributed by atoms with Crippen LogP contribution in [0.5, 0.6) is 5.75 Å². The molecule has 1 atom stereocenters. The van der Waals surface area contributed by atoms with E-state index >= 15 is 0 Å². The lowest BCUT2D eigenvalue weighted by molar-refractivity contribution is -0.135. The Kier molecular flexibility index (Phi) is 8.94. The summed E-state index contributed by atoms with van der Waals surface area (Å²) in [5, 5.41) is 11.1. The fourth-order valence-corrected chi connectivity index (χ4v) is 8.59. The molecule has 0 bridgehead atoms. The quantitative estimate of drug-likeness (QED) is 0.215. The molecule has 1 saturated carbocycles. The van der Waals surface area contributed by atoms with E-state index in [1.54, 1.807) is 30.2 Å². The zero-order valence-corrected chi connectivity index (χ0v) is 29.8. The molecule has 5 heterocycles. The van der Waals surface area contributed by atoms with Crippen LogP contribution in [0.25, 0.3) is 21.9 Å². The Hall–Kier alpha value is -5.24. The second-order valence-corrected chi connectivity index (χ2v) is 14.6. The third kappa shape index (κ3) is 6.29. The summed E-state index contributed by atoms with van der Waals surface area (Å²) in [6.07, 6.45) is 10.4. The monoisotopic (exact) mass is 708 g/mol. The highest BCUT2D eigenvalue weighted by Gasteiger charge is 2.33. The first kappa shape index (κ1) is 33.9. The number of methoxy groups -OCH3 is 1. The minimum Gasteiger partial charge on any atom is -0.494 e. The summed E-state index contributed by atoms with van der Waals surface area (Å²) >= 11 is 0. The second kappa shape index (κ2) is 13.7. The summed E-state index contributed by atoms with van der Waals surface area (Å²) in [6, 6.07) is 9.42. The number of fused-ring (bicyclic) bond motifs is 2. The van der Waals surface area contributed by atoms with E-state index in [0.29, 0.717) is 41.6 Å². The Balaban J connectivity index is 0.880. The van der Waals surface area contributed by atoms with Gasteiger partial charge in [-0.15, -0.1) is 0 Å². The first-order valence-corrected chi connectivity index (χ1v) is 18.2. The van der Waals surface area contributed by atoms with Crippen LogP contribution in [0.2, 0.25) is 0 Å². The molecule has 2 aromatic carbocycles. The van der Waals surface area contributed by atoms with E-state index in [4.69, 9.17) is 14.3 Å². The van der Waals surface area contributed by atoms with Gasteiger partial charge in [-0.1, -0.05) is 12.1 Å². The fraction of sp³-hybridized carbons (Fsp3) is 0.474. The summed E-state index contributed by atoms with van der Waals surface area (Å²) in [6.45, 7) is 4.78. The summed E-state index contributed by atoms with van der Waals surface area (Å²) in [7, 11) is 3.36. The molecule has 5 aromatic rings. The zero-order chi connectivity index (χ0) is 36.1. The van der Waals surface area contributed by atoms with E-state index in [1.165, 1.54) is 6.26 Å². The maximum atomic E-state index is 13.4. The number of carbonyl (C=O) groups is 3. The molecule has 0 spiro atoms. The summed E-state index contributed by atoms with van der Waals surface area (Å²) in [5.41, 5.74) is 4.17. The van der Waals surface area contributed by atoms with Crippen molar-refractivity contribution >= 4 is 45.3 Å². The Labute approximate surface area is 300 Å². The lowest BCUT2D eigenvalue weighted by atomic mass is 9.84. The number of imide groups is 1. The number of anilines is 1. The van der Waals surface area contributed by atoms with Gasteiger partial charge in [0, 0.05) is 44.6 Å². The topological polar surface area (TPSA) is 159 Å². The summed E-state index contributed by atoms with van der Waals surface area (Å²) in [5.74, 6) is 0.851. The highest BCUT2D eigenvalue weighted by atomic mass is 16.5. The number of amides is 3. The first-order valence-electron chi connectivity index (χ1n) is 18.2. The molecule has 14 nitrogen and oxygen atoms in total. The number of oxazole rings is 1. The summed E-state index contributed by atoms with van der Waals surface area (Å²) in [4.78, 5) is 57.3. The van der Waals surface area contributed by atoms with Crippen molar-refractivity contribution in [3.8, 4) is 5.75 Å². The van der Waals surface area contributed by atoms with Crippen molar-refractivity contribution in [1.82, 2.24) is 34.1 Å². The first-order chi connectivity index (χ1) is 25.2. The van der Waals surface area contributed by atoms with Crippen molar-refractivity contribution in [3.63, 3.8) is 0 Å². The van der Waals surface area contributed by atoms with Crippen LogP contribution in [0.4, 0.5) is 5.69 Å². The molecule has 3 aliphatic rings. The standard InChI is InChI=1S/C38H44N8O6/c1-22-39-30(21-52-22)36(48)40-29-17-25-20-45(42-28(25)18-33(29)51-3)26-9-7-23(8-10-26)19-44-15-13-24(14-16-44)27-5-4-6-31-35(27)43(2)38(50)46(31)32-11-12-34(47)41-37(32)49/h4-6,17-18,20-21,23-24,26,32H,7-16,19H2,1-3H3,(H,40,48)(H,41,47,49)/t23-,26-,32-/m0/s1. The van der Waals surface area contributed by atoms with Crippen molar-refractivity contribution in [1.29, 1.82) is 0 Å². The average molecular weight is 709 g/mol. The predicted molar refractivity (Wildman–Crippen MR) is 193 cm³/mol. The third-order valence-corrected chi connectivity index (χ3v) is 11.3. The normalized spacial score (nSPS) is 21.9. The Morgan fingerprint density at radius 2 is 1.85 bits per heavy atom. The maximum Gasteiger partial charge on any atom is 0.329 e. The average Bonchev–Trinajstić information content (AvgIpc) is 3.84. The maximum absolute atomic E-state index is 13.4. The van der Waals surface area contributed by atoms with Gasteiger partial charge in [0.15, 0.2) is 11.6 Å². The molecular weight excluding hydrogens is 664 g/mol. The molecule has 8 rings (SSSR count). The molecule has 1 aliphatic carbocycles. The number of aromatic nitrogens is 5. The van der Waals surface area contributed by atoms with Gasteiger partial charge in [0.1, 0.15) is 18.1 Å². The third-order valence-electron chi connectivity index (χ3n) is 11.3. The molecule has 3 aromatic heterocycles. The summed E-state index contributed by atoms with van der Waals surface area (Å²) < 4.78 is 16.1.